The lowest BCUT2D eigenvalue weighted by Crippen LogP contribution is -2.28. The van der Waals surface area contributed by atoms with Crippen LogP contribution in [0.3, 0.4) is 0 Å². The van der Waals surface area contributed by atoms with Crippen LogP contribution in [0.25, 0.3) is 12.2 Å². The Morgan fingerprint density at radius 2 is 1.18 bits per heavy atom. The fourth-order valence-electron chi connectivity index (χ4n) is 3.14. The van der Waals surface area contributed by atoms with Gasteiger partial charge in [0.25, 0.3) is 11.8 Å². The van der Waals surface area contributed by atoms with Crippen LogP contribution in [0, 0.1) is 22.7 Å². The number of ether oxygens (including phenoxy) is 2. The number of carbonyl (C=O) groups excluding carboxylic acids is 2. The normalized spacial score (nSPS) is 11.2. The highest BCUT2D eigenvalue weighted by atomic mass is 79.9. The van der Waals surface area contributed by atoms with E-state index in [9.17, 15) is 30.3 Å². The van der Waals surface area contributed by atoms with Crippen LogP contribution in [0.1, 0.15) is 24.0 Å². The van der Waals surface area contributed by atoms with Gasteiger partial charge in [-0.25, -0.2) is 0 Å². The van der Waals surface area contributed by atoms with Crippen molar-refractivity contribution in [1.29, 1.82) is 10.5 Å². The molecule has 10 nitrogen and oxygen atoms in total. The first-order valence-corrected chi connectivity index (χ1v) is 12.7. The molecule has 4 N–H and O–H groups in total. The maximum atomic E-state index is 12.4. The molecule has 0 aliphatic carbocycles. The van der Waals surface area contributed by atoms with E-state index in [1.165, 1.54) is 38.5 Å². The largest absolute Gasteiger partial charge is 0.503 e. The van der Waals surface area contributed by atoms with Gasteiger partial charge in [0.05, 0.1) is 23.2 Å². The summed E-state index contributed by atoms with van der Waals surface area (Å²) >= 11 is 6.39. The number of nitrogens with one attached hydrogen (secondary N) is 2. The highest BCUT2D eigenvalue weighted by molar-refractivity contribution is 9.10. The first-order chi connectivity index (χ1) is 18.1. The van der Waals surface area contributed by atoms with Crippen molar-refractivity contribution in [1.82, 2.24) is 10.6 Å². The summed E-state index contributed by atoms with van der Waals surface area (Å²) in [6, 6.07) is 9.79. The van der Waals surface area contributed by atoms with Gasteiger partial charge in [-0.15, -0.1) is 0 Å². The van der Waals surface area contributed by atoms with Gasteiger partial charge < -0.3 is 30.3 Å². The molecule has 0 aliphatic heterocycles. The van der Waals surface area contributed by atoms with E-state index in [0.717, 1.165) is 0 Å². The summed E-state index contributed by atoms with van der Waals surface area (Å²) < 4.78 is 10.9. The number of aromatic hydroxyl groups is 2. The number of amides is 2. The van der Waals surface area contributed by atoms with Crippen LogP contribution >= 0.6 is 31.9 Å². The fraction of sp³-hybridized carbons (Fsp3) is 0.231. The van der Waals surface area contributed by atoms with Gasteiger partial charge in [-0.2, -0.15) is 10.5 Å². The molecule has 0 saturated carbocycles. The SMILES string of the molecule is COc1cc(/C=C(\C#N)C(=O)NCCCCNC(=O)/C(C#N)=C/c2cc(Br)c(O)c(OC)c2)cc(Br)c1O. The number of phenols is 2. The molecule has 0 saturated heterocycles. The number of hydrogen-bond donors (Lipinski definition) is 4. The van der Waals surface area contributed by atoms with E-state index in [1.807, 2.05) is 12.1 Å². The third-order valence-corrected chi connectivity index (χ3v) is 6.28. The first-order valence-electron chi connectivity index (χ1n) is 11.1. The second-order valence-corrected chi connectivity index (χ2v) is 9.37. The average Bonchev–Trinajstić information content (AvgIpc) is 2.90. The summed E-state index contributed by atoms with van der Waals surface area (Å²) in [4.78, 5) is 24.8. The van der Waals surface area contributed by atoms with Crippen LogP contribution in [0.4, 0.5) is 0 Å². The molecule has 0 heterocycles. The van der Waals surface area contributed by atoms with Crippen molar-refractivity contribution < 1.29 is 29.3 Å². The van der Waals surface area contributed by atoms with Gasteiger partial charge in [0.1, 0.15) is 23.3 Å². The lowest BCUT2D eigenvalue weighted by Gasteiger charge is -2.08. The predicted molar refractivity (Wildman–Crippen MR) is 147 cm³/mol. The van der Waals surface area contributed by atoms with E-state index < -0.39 is 11.8 Å². The van der Waals surface area contributed by atoms with Crippen molar-refractivity contribution in [2.24, 2.45) is 0 Å². The summed E-state index contributed by atoms with van der Waals surface area (Å²) in [6.45, 7) is 0.525. The number of unbranched alkanes of at least 4 members (excludes halogenated alkanes) is 1. The predicted octanol–water partition coefficient (Wildman–Crippen LogP) is 4.17. The Labute approximate surface area is 236 Å². The minimum absolute atomic E-state index is 0.0919. The topological polar surface area (TPSA) is 165 Å². The zero-order valence-electron chi connectivity index (χ0n) is 20.5. The lowest BCUT2D eigenvalue weighted by molar-refractivity contribution is -0.118. The Kier molecular flexibility index (Phi) is 11.7. The van der Waals surface area contributed by atoms with Gasteiger partial charge in [-0.1, -0.05) is 0 Å². The van der Waals surface area contributed by atoms with Gasteiger partial charge in [0.2, 0.25) is 0 Å². The molecule has 2 rings (SSSR count). The summed E-state index contributed by atoms with van der Waals surface area (Å²) in [6.07, 6.45) is 3.77. The van der Waals surface area contributed by atoms with Crippen LogP contribution in [0.2, 0.25) is 0 Å². The van der Waals surface area contributed by atoms with Crippen molar-refractivity contribution in [2.45, 2.75) is 12.8 Å². The molecule has 0 radical (unpaired) electrons. The molecular weight excluding hydrogens is 624 g/mol. The zero-order valence-corrected chi connectivity index (χ0v) is 23.6. The van der Waals surface area contributed by atoms with Crippen molar-refractivity contribution in [3.63, 3.8) is 0 Å². The quantitative estimate of drug-likeness (QED) is 0.160. The molecule has 0 aliphatic rings. The third kappa shape index (κ3) is 8.26. The number of methoxy groups -OCH3 is 2. The molecule has 0 spiro atoms. The Morgan fingerprint density at radius 3 is 1.50 bits per heavy atom. The van der Waals surface area contributed by atoms with Gasteiger partial charge in [-0.3, -0.25) is 9.59 Å². The molecular formula is C26H24Br2N4O6. The van der Waals surface area contributed by atoms with Crippen LogP contribution in [0.5, 0.6) is 23.0 Å². The molecule has 0 fully saturated rings. The number of nitriles is 2. The standard InChI is InChI=1S/C26H24Br2N4O6/c1-37-21-11-15(9-19(27)23(21)33)7-17(13-29)25(35)31-5-3-4-6-32-26(36)18(14-30)8-16-10-20(28)24(34)22(12-16)38-2/h7-12,33-34H,3-6H2,1-2H3,(H,31,35)(H,32,36)/b17-7+,18-8+. The van der Waals surface area contributed by atoms with Gasteiger partial charge in [-0.05, 0) is 92.2 Å². The molecule has 0 atom stereocenters. The number of benzene rings is 2. The minimum atomic E-state index is -0.565. The molecule has 0 unspecified atom stereocenters. The van der Waals surface area contributed by atoms with Gasteiger partial charge >= 0.3 is 0 Å². The number of rotatable bonds is 11. The molecule has 12 heteroatoms. The smallest absolute Gasteiger partial charge is 0.261 e. The van der Waals surface area contributed by atoms with Gasteiger partial charge in [0, 0.05) is 13.1 Å². The number of phenolic OH excluding ortho intramolecular Hbond substituents is 2. The first kappa shape index (κ1) is 30.2. The van der Waals surface area contributed by atoms with Crippen LogP contribution in [-0.4, -0.2) is 49.3 Å². The summed E-state index contributed by atoms with van der Waals surface area (Å²) in [7, 11) is 2.78. The maximum absolute atomic E-state index is 12.4. The van der Waals surface area contributed by atoms with Crippen LogP contribution < -0.4 is 20.1 Å². The van der Waals surface area contributed by atoms with Crippen molar-refractivity contribution in [2.75, 3.05) is 27.3 Å². The molecule has 2 amide bonds. The van der Waals surface area contributed by atoms with Gasteiger partial charge in [0.15, 0.2) is 23.0 Å². The zero-order chi connectivity index (χ0) is 28.2. The van der Waals surface area contributed by atoms with E-state index in [-0.39, 0.29) is 47.2 Å². The van der Waals surface area contributed by atoms with E-state index in [4.69, 9.17) is 9.47 Å². The summed E-state index contributed by atoms with van der Waals surface area (Å²) in [5.41, 5.74) is 0.722. The van der Waals surface area contributed by atoms with E-state index in [1.54, 1.807) is 12.1 Å². The van der Waals surface area contributed by atoms with Crippen molar-refractivity contribution in [3.8, 4) is 35.1 Å². The molecule has 198 valence electrons. The number of nitrogens with zero attached hydrogens (tertiary/aromatic N) is 2. The number of halogens is 2. The average molecular weight is 648 g/mol. The highest BCUT2D eigenvalue weighted by Gasteiger charge is 2.13. The Balaban J connectivity index is 1.87. The van der Waals surface area contributed by atoms with Crippen molar-refractivity contribution >= 4 is 55.8 Å². The van der Waals surface area contributed by atoms with E-state index in [0.29, 0.717) is 32.9 Å². The fourth-order valence-corrected chi connectivity index (χ4v) is 4.06. The molecule has 38 heavy (non-hydrogen) atoms. The van der Waals surface area contributed by atoms with E-state index >= 15 is 0 Å². The second-order valence-electron chi connectivity index (χ2n) is 7.67. The lowest BCUT2D eigenvalue weighted by atomic mass is 10.1. The Hall–Kier alpha value is -4.00. The van der Waals surface area contributed by atoms with Crippen LogP contribution in [0.15, 0.2) is 44.4 Å². The third-order valence-electron chi connectivity index (χ3n) is 5.07. The minimum Gasteiger partial charge on any atom is -0.503 e. The van der Waals surface area contributed by atoms with E-state index in [2.05, 4.69) is 42.5 Å². The van der Waals surface area contributed by atoms with Crippen molar-refractivity contribution in [3.05, 3.63) is 55.5 Å². The maximum Gasteiger partial charge on any atom is 0.261 e. The number of carbonyl (C=O) groups is 2. The monoisotopic (exact) mass is 646 g/mol. The summed E-state index contributed by atoms with van der Waals surface area (Å²) in [5, 5.41) is 43.8. The summed E-state index contributed by atoms with van der Waals surface area (Å²) in [5.74, 6) is -0.933. The number of hydrogen-bond acceptors (Lipinski definition) is 8. The van der Waals surface area contributed by atoms with Crippen LogP contribution in [-0.2, 0) is 9.59 Å². The Bertz CT molecular complexity index is 1260. The molecule has 2 aromatic carbocycles. The molecule has 0 aromatic heterocycles. The second kappa shape index (κ2) is 14.7. The molecule has 2 aromatic rings. The molecule has 0 bridgehead atoms. The highest BCUT2D eigenvalue weighted by Crippen LogP contribution is 2.36. The Morgan fingerprint density at radius 1 is 0.816 bits per heavy atom.